The molecule has 1 aromatic heterocycles. The summed E-state index contributed by atoms with van der Waals surface area (Å²) in [4.78, 5) is 19.2. The average molecular weight is 392 g/mol. The summed E-state index contributed by atoms with van der Waals surface area (Å²) in [6.07, 6.45) is 0.414. The maximum Gasteiger partial charge on any atom is 0.228 e. The molecule has 3 heterocycles. The van der Waals surface area contributed by atoms with Crippen LogP contribution in [0.2, 0.25) is 0 Å². The fourth-order valence-corrected chi connectivity index (χ4v) is 4.68. The number of halogens is 1. The van der Waals surface area contributed by atoms with Crippen LogP contribution in [0.15, 0.2) is 34.1 Å². The third-order valence-corrected chi connectivity index (χ3v) is 6.13. The van der Waals surface area contributed by atoms with E-state index in [1.54, 1.807) is 11.3 Å². The number of fused-ring (bicyclic) bond motifs is 1. The van der Waals surface area contributed by atoms with Crippen LogP contribution >= 0.6 is 27.3 Å². The second-order valence-electron chi connectivity index (χ2n) is 6.31. The van der Waals surface area contributed by atoms with Gasteiger partial charge in [0.1, 0.15) is 5.01 Å². The lowest BCUT2D eigenvalue weighted by Crippen LogP contribution is -2.33. The number of hydrogen-bond donors (Lipinski definition) is 1. The van der Waals surface area contributed by atoms with Gasteiger partial charge in [-0.15, -0.1) is 11.3 Å². The number of rotatable bonds is 3. The SMILES string of the molecule is O=C(Cc1csc(-c2cccc(Br)c2)n1)N1C[C@H]2CNC[C@H]2C1. The zero-order valence-electron chi connectivity index (χ0n) is 12.7. The van der Waals surface area contributed by atoms with E-state index < -0.39 is 0 Å². The third-order valence-electron chi connectivity index (χ3n) is 4.70. The monoisotopic (exact) mass is 391 g/mol. The molecule has 2 saturated heterocycles. The van der Waals surface area contributed by atoms with Crippen molar-refractivity contribution in [3.8, 4) is 10.6 Å². The highest BCUT2D eigenvalue weighted by atomic mass is 79.9. The van der Waals surface area contributed by atoms with Gasteiger partial charge in [-0.3, -0.25) is 4.79 Å². The topological polar surface area (TPSA) is 45.2 Å². The highest BCUT2D eigenvalue weighted by Gasteiger charge is 2.37. The lowest BCUT2D eigenvalue weighted by atomic mass is 10.0. The number of nitrogens with one attached hydrogen (secondary N) is 1. The lowest BCUT2D eigenvalue weighted by Gasteiger charge is -2.16. The number of thiazole rings is 1. The van der Waals surface area contributed by atoms with Gasteiger partial charge in [-0.05, 0) is 24.0 Å². The molecule has 0 bridgehead atoms. The molecule has 4 rings (SSSR count). The molecule has 0 aliphatic carbocycles. The second kappa shape index (κ2) is 6.34. The average Bonchev–Trinajstić information content (AvgIpc) is 3.22. The molecule has 2 aliphatic rings. The van der Waals surface area contributed by atoms with E-state index >= 15 is 0 Å². The molecule has 1 N–H and O–H groups in total. The summed E-state index contributed by atoms with van der Waals surface area (Å²) in [5.41, 5.74) is 1.97. The molecular weight excluding hydrogens is 374 g/mol. The quantitative estimate of drug-likeness (QED) is 0.874. The maximum atomic E-state index is 12.5. The summed E-state index contributed by atoms with van der Waals surface area (Å²) >= 11 is 5.09. The van der Waals surface area contributed by atoms with Crippen molar-refractivity contribution >= 4 is 33.2 Å². The van der Waals surface area contributed by atoms with Gasteiger partial charge >= 0.3 is 0 Å². The predicted octanol–water partition coefficient (Wildman–Crippen LogP) is 2.79. The normalized spacial score (nSPS) is 23.3. The first-order valence-corrected chi connectivity index (χ1v) is 9.55. The van der Waals surface area contributed by atoms with Gasteiger partial charge in [-0.1, -0.05) is 28.1 Å². The Bertz CT molecular complexity index is 720. The first-order valence-electron chi connectivity index (χ1n) is 7.88. The Morgan fingerprint density at radius 3 is 2.87 bits per heavy atom. The van der Waals surface area contributed by atoms with Crippen molar-refractivity contribution in [2.45, 2.75) is 6.42 Å². The summed E-state index contributed by atoms with van der Waals surface area (Å²) in [6, 6.07) is 8.10. The lowest BCUT2D eigenvalue weighted by molar-refractivity contribution is -0.129. The number of likely N-dealkylation sites (tertiary alicyclic amines) is 1. The Morgan fingerprint density at radius 1 is 1.35 bits per heavy atom. The van der Waals surface area contributed by atoms with Gasteiger partial charge in [-0.25, -0.2) is 4.98 Å². The van der Waals surface area contributed by atoms with Crippen LogP contribution in [0.3, 0.4) is 0 Å². The van der Waals surface area contributed by atoms with Gasteiger partial charge in [0, 0.05) is 41.6 Å². The number of amides is 1. The van der Waals surface area contributed by atoms with Gasteiger partial charge in [0.15, 0.2) is 0 Å². The van der Waals surface area contributed by atoms with E-state index in [-0.39, 0.29) is 5.91 Å². The Kier molecular flexibility index (Phi) is 4.22. The molecule has 1 amide bonds. The summed E-state index contributed by atoms with van der Waals surface area (Å²) in [5, 5.41) is 6.38. The molecule has 23 heavy (non-hydrogen) atoms. The smallest absolute Gasteiger partial charge is 0.228 e. The van der Waals surface area contributed by atoms with Crippen LogP contribution in [0.1, 0.15) is 5.69 Å². The van der Waals surface area contributed by atoms with Gasteiger partial charge < -0.3 is 10.2 Å². The largest absolute Gasteiger partial charge is 0.342 e. The minimum Gasteiger partial charge on any atom is -0.342 e. The number of benzene rings is 1. The zero-order chi connectivity index (χ0) is 15.8. The van der Waals surface area contributed by atoms with Crippen LogP contribution in [0.4, 0.5) is 0 Å². The summed E-state index contributed by atoms with van der Waals surface area (Å²) < 4.78 is 1.04. The summed E-state index contributed by atoms with van der Waals surface area (Å²) in [5.74, 6) is 1.50. The number of carbonyl (C=O) groups excluding carboxylic acids is 1. The van der Waals surface area contributed by atoms with Crippen molar-refractivity contribution < 1.29 is 4.79 Å². The number of aromatic nitrogens is 1. The molecule has 120 valence electrons. The molecule has 6 heteroatoms. The van der Waals surface area contributed by atoms with E-state index in [1.807, 2.05) is 28.5 Å². The Hall–Kier alpha value is -1.24. The predicted molar refractivity (Wildman–Crippen MR) is 95.4 cm³/mol. The molecule has 0 saturated carbocycles. The van der Waals surface area contributed by atoms with Crippen molar-refractivity contribution in [1.82, 2.24) is 15.2 Å². The fraction of sp³-hybridized carbons (Fsp3) is 0.412. The van der Waals surface area contributed by atoms with E-state index in [0.717, 1.165) is 46.9 Å². The number of hydrogen-bond acceptors (Lipinski definition) is 4. The minimum atomic E-state index is 0.213. The van der Waals surface area contributed by atoms with Crippen molar-refractivity contribution in [3.05, 3.63) is 39.8 Å². The van der Waals surface area contributed by atoms with Crippen molar-refractivity contribution in [2.24, 2.45) is 11.8 Å². The van der Waals surface area contributed by atoms with Gasteiger partial charge in [0.05, 0.1) is 12.1 Å². The molecule has 0 radical (unpaired) electrons. The van der Waals surface area contributed by atoms with E-state index in [2.05, 4.69) is 32.3 Å². The highest BCUT2D eigenvalue weighted by Crippen LogP contribution is 2.28. The standard InChI is InChI=1S/C17H18BrN3OS/c18-14-3-1-2-11(4-14)17-20-15(10-23-17)5-16(22)21-8-12-6-19-7-13(12)9-21/h1-4,10,12-13,19H,5-9H2/t12-,13+. The number of nitrogens with zero attached hydrogens (tertiary/aromatic N) is 2. The number of carbonyl (C=O) groups is 1. The fourth-order valence-electron chi connectivity index (χ4n) is 3.47. The second-order valence-corrected chi connectivity index (χ2v) is 8.08. The van der Waals surface area contributed by atoms with E-state index in [4.69, 9.17) is 0 Å². The highest BCUT2D eigenvalue weighted by molar-refractivity contribution is 9.10. The molecule has 2 atom stereocenters. The minimum absolute atomic E-state index is 0.213. The molecule has 4 nitrogen and oxygen atoms in total. The van der Waals surface area contributed by atoms with Crippen molar-refractivity contribution in [3.63, 3.8) is 0 Å². The molecule has 0 unspecified atom stereocenters. The molecule has 2 aromatic rings. The Labute approximate surface area is 148 Å². The van der Waals surface area contributed by atoms with Crippen molar-refractivity contribution in [1.29, 1.82) is 0 Å². The van der Waals surface area contributed by atoms with Crippen LogP contribution in [0.5, 0.6) is 0 Å². The van der Waals surface area contributed by atoms with Crippen molar-refractivity contribution in [2.75, 3.05) is 26.2 Å². The van der Waals surface area contributed by atoms with E-state index in [1.165, 1.54) is 0 Å². The third kappa shape index (κ3) is 3.20. The van der Waals surface area contributed by atoms with Gasteiger partial charge in [-0.2, -0.15) is 0 Å². The van der Waals surface area contributed by atoms with Gasteiger partial charge in [0.2, 0.25) is 5.91 Å². The first-order chi connectivity index (χ1) is 11.2. The molecular formula is C17H18BrN3OS. The van der Waals surface area contributed by atoms with E-state index in [9.17, 15) is 4.79 Å². The summed E-state index contributed by atoms with van der Waals surface area (Å²) in [7, 11) is 0. The molecule has 2 fully saturated rings. The van der Waals surface area contributed by atoms with Crippen LogP contribution in [0, 0.1) is 11.8 Å². The first kappa shape index (κ1) is 15.3. The molecule has 2 aliphatic heterocycles. The van der Waals surface area contributed by atoms with Gasteiger partial charge in [0.25, 0.3) is 0 Å². The zero-order valence-corrected chi connectivity index (χ0v) is 15.1. The Morgan fingerprint density at radius 2 is 2.13 bits per heavy atom. The van der Waals surface area contributed by atoms with Crippen LogP contribution < -0.4 is 5.32 Å². The molecule has 0 spiro atoms. The van der Waals surface area contributed by atoms with Crippen LogP contribution in [0.25, 0.3) is 10.6 Å². The van der Waals surface area contributed by atoms with Crippen LogP contribution in [-0.4, -0.2) is 42.0 Å². The molecule has 1 aromatic carbocycles. The Balaban J connectivity index is 1.42. The van der Waals surface area contributed by atoms with Crippen LogP contribution in [-0.2, 0) is 11.2 Å². The summed E-state index contributed by atoms with van der Waals surface area (Å²) in [6.45, 7) is 3.91. The maximum absolute atomic E-state index is 12.5. The van der Waals surface area contributed by atoms with E-state index in [0.29, 0.717) is 18.3 Å².